The molecule has 1 aromatic rings. The van der Waals surface area contributed by atoms with Gasteiger partial charge in [-0.25, -0.2) is 0 Å². The number of aryl methyl sites for hydroxylation is 1. The normalized spacial score (nSPS) is 9.94. The van der Waals surface area contributed by atoms with Crippen molar-refractivity contribution in [2.24, 2.45) is 0 Å². The van der Waals surface area contributed by atoms with Crippen molar-refractivity contribution >= 4 is 11.9 Å². The summed E-state index contributed by atoms with van der Waals surface area (Å²) < 4.78 is 0. The number of amides is 1. The Balaban J connectivity index is 2.35. The van der Waals surface area contributed by atoms with Crippen molar-refractivity contribution in [3.8, 4) is 0 Å². The van der Waals surface area contributed by atoms with Crippen molar-refractivity contribution in [1.82, 2.24) is 5.32 Å². The van der Waals surface area contributed by atoms with Crippen LogP contribution in [0.2, 0.25) is 0 Å². The summed E-state index contributed by atoms with van der Waals surface area (Å²) in [5.41, 5.74) is 1.97. The maximum Gasteiger partial charge on any atom is 0.307 e. The van der Waals surface area contributed by atoms with Gasteiger partial charge in [0.05, 0.1) is 6.42 Å². The molecule has 17 heavy (non-hydrogen) atoms. The fourth-order valence-electron chi connectivity index (χ4n) is 1.56. The highest BCUT2D eigenvalue weighted by atomic mass is 16.4. The fourth-order valence-corrected chi connectivity index (χ4v) is 1.56. The Labute approximate surface area is 101 Å². The molecule has 0 unspecified atom stereocenters. The van der Waals surface area contributed by atoms with Crippen LogP contribution in [0.3, 0.4) is 0 Å². The molecule has 0 fully saturated rings. The summed E-state index contributed by atoms with van der Waals surface area (Å²) in [6, 6.07) is 7.54. The Kier molecular flexibility index (Phi) is 5.20. The summed E-state index contributed by atoms with van der Waals surface area (Å²) in [6.07, 6.45) is 1.83. The zero-order valence-corrected chi connectivity index (χ0v) is 9.90. The number of aliphatic carboxylic acids is 1. The standard InChI is InChI=1S/C13H17NO3/c1-10(15)14-8-2-3-11-4-6-12(7-5-11)9-13(16)17/h4-7H,2-3,8-9H2,1H3,(H,14,15)(H,16,17). The van der Waals surface area contributed by atoms with Crippen molar-refractivity contribution in [1.29, 1.82) is 0 Å². The van der Waals surface area contributed by atoms with E-state index in [0.717, 1.165) is 24.0 Å². The highest BCUT2D eigenvalue weighted by Gasteiger charge is 2.00. The van der Waals surface area contributed by atoms with Gasteiger partial charge in [0.2, 0.25) is 5.91 Å². The highest BCUT2D eigenvalue weighted by Crippen LogP contribution is 2.07. The van der Waals surface area contributed by atoms with Crippen molar-refractivity contribution in [2.45, 2.75) is 26.2 Å². The number of carboxylic acids is 1. The quantitative estimate of drug-likeness (QED) is 0.732. The van der Waals surface area contributed by atoms with Crippen molar-refractivity contribution in [2.75, 3.05) is 6.54 Å². The molecular weight excluding hydrogens is 218 g/mol. The number of rotatable bonds is 6. The first-order chi connectivity index (χ1) is 8.08. The first kappa shape index (κ1) is 13.2. The zero-order valence-electron chi connectivity index (χ0n) is 9.90. The molecule has 0 radical (unpaired) electrons. The van der Waals surface area contributed by atoms with Crippen LogP contribution in [-0.4, -0.2) is 23.5 Å². The molecule has 2 N–H and O–H groups in total. The van der Waals surface area contributed by atoms with Crippen LogP contribution in [0.4, 0.5) is 0 Å². The molecule has 4 heteroatoms. The lowest BCUT2D eigenvalue weighted by Crippen LogP contribution is -2.21. The Morgan fingerprint density at radius 3 is 2.29 bits per heavy atom. The number of carboxylic acid groups (broad SMARTS) is 1. The maximum absolute atomic E-state index is 10.6. The third-order valence-corrected chi connectivity index (χ3v) is 2.39. The van der Waals surface area contributed by atoms with Gasteiger partial charge in [0, 0.05) is 13.5 Å². The molecular formula is C13H17NO3. The molecule has 0 bridgehead atoms. The average molecular weight is 235 g/mol. The van der Waals surface area contributed by atoms with Gasteiger partial charge in [-0.1, -0.05) is 24.3 Å². The predicted octanol–water partition coefficient (Wildman–Crippen LogP) is 1.38. The third kappa shape index (κ3) is 5.70. The smallest absolute Gasteiger partial charge is 0.307 e. The van der Waals surface area contributed by atoms with Crippen LogP contribution in [0.5, 0.6) is 0 Å². The molecule has 0 aromatic heterocycles. The van der Waals surface area contributed by atoms with Crippen LogP contribution in [0, 0.1) is 0 Å². The van der Waals surface area contributed by atoms with E-state index in [1.54, 1.807) is 0 Å². The molecule has 92 valence electrons. The van der Waals surface area contributed by atoms with E-state index in [9.17, 15) is 9.59 Å². The molecule has 0 aliphatic heterocycles. The Morgan fingerprint density at radius 2 is 1.76 bits per heavy atom. The van der Waals surface area contributed by atoms with Gasteiger partial charge in [0.25, 0.3) is 0 Å². The van der Waals surface area contributed by atoms with Crippen molar-refractivity contribution in [3.05, 3.63) is 35.4 Å². The molecule has 0 atom stereocenters. The molecule has 1 rings (SSSR count). The minimum absolute atomic E-state index is 0.0122. The second-order valence-electron chi connectivity index (χ2n) is 3.97. The second kappa shape index (κ2) is 6.68. The second-order valence-corrected chi connectivity index (χ2v) is 3.97. The molecule has 0 saturated heterocycles. The molecule has 0 spiro atoms. The van der Waals surface area contributed by atoms with E-state index in [4.69, 9.17) is 5.11 Å². The van der Waals surface area contributed by atoms with Crippen LogP contribution in [0.1, 0.15) is 24.5 Å². The Bertz CT molecular complexity index is 384. The van der Waals surface area contributed by atoms with Crippen molar-refractivity contribution in [3.63, 3.8) is 0 Å². The lowest BCUT2D eigenvalue weighted by molar-refractivity contribution is -0.136. The van der Waals surface area contributed by atoms with Gasteiger partial charge in [-0.05, 0) is 24.0 Å². The number of benzene rings is 1. The van der Waals surface area contributed by atoms with E-state index >= 15 is 0 Å². The van der Waals surface area contributed by atoms with Crippen LogP contribution < -0.4 is 5.32 Å². The number of carbonyl (C=O) groups is 2. The summed E-state index contributed by atoms with van der Waals surface area (Å²) in [5.74, 6) is -0.829. The number of hydrogen-bond acceptors (Lipinski definition) is 2. The lowest BCUT2D eigenvalue weighted by atomic mass is 10.1. The van der Waals surface area contributed by atoms with Crippen LogP contribution >= 0.6 is 0 Å². The molecule has 0 heterocycles. The van der Waals surface area contributed by atoms with Gasteiger partial charge >= 0.3 is 5.97 Å². The lowest BCUT2D eigenvalue weighted by Gasteiger charge is -2.03. The molecule has 1 aromatic carbocycles. The van der Waals surface area contributed by atoms with Gasteiger partial charge < -0.3 is 10.4 Å². The molecule has 0 aliphatic carbocycles. The zero-order chi connectivity index (χ0) is 12.7. The highest BCUT2D eigenvalue weighted by molar-refractivity contribution is 5.72. The van der Waals surface area contributed by atoms with E-state index in [2.05, 4.69) is 5.32 Å². The molecule has 0 aliphatic rings. The number of nitrogens with one attached hydrogen (secondary N) is 1. The summed E-state index contributed by atoms with van der Waals surface area (Å²) in [5, 5.41) is 11.4. The van der Waals surface area contributed by atoms with E-state index in [-0.39, 0.29) is 12.3 Å². The van der Waals surface area contributed by atoms with Crippen LogP contribution in [0.15, 0.2) is 24.3 Å². The van der Waals surface area contributed by atoms with Gasteiger partial charge in [-0.15, -0.1) is 0 Å². The maximum atomic E-state index is 10.6. The van der Waals surface area contributed by atoms with Gasteiger partial charge in [-0.2, -0.15) is 0 Å². The Morgan fingerprint density at radius 1 is 1.18 bits per heavy atom. The van der Waals surface area contributed by atoms with Crippen LogP contribution in [0.25, 0.3) is 0 Å². The summed E-state index contributed by atoms with van der Waals surface area (Å²) in [7, 11) is 0. The number of carbonyl (C=O) groups excluding carboxylic acids is 1. The number of hydrogen-bond donors (Lipinski definition) is 2. The first-order valence-electron chi connectivity index (χ1n) is 5.62. The van der Waals surface area contributed by atoms with Crippen LogP contribution in [-0.2, 0) is 22.4 Å². The van der Waals surface area contributed by atoms with E-state index in [1.165, 1.54) is 6.92 Å². The summed E-state index contributed by atoms with van der Waals surface area (Å²) >= 11 is 0. The Hall–Kier alpha value is -1.84. The summed E-state index contributed by atoms with van der Waals surface area (Å²) in [4.78, 5) is 21.1. The predicted molar refractivity (Wildman–Crippen MR) is 64.8 cm³/mol. The molecule has 0 saturated carbocycles. The molecule has 4 nitrogen and oxygen atoms in total. The minimum atomic E-state index is -0.816. The van der Waals surface area contributed by atoms with E-state index in [1.807, 2.05) is 24.3 Å². The summed E-state index contributed by atoms with van der Waals surface area (Å²) in [6.45, 7) is 2.17. The third-order valence-electron chi connectivity index (χ3n) is 2.39. The van der Waals surface area contributed by atoms with Gasteiger partial charge in [0.15, 0.2) is 0 Å². The SMILES string of the molecule is CC(=O)NCCCc1ccc(CC(=O)O)cc1. The topological polar surface area (TPSA) is 66.4 Å². The molecule has 1 amide bonds. The monoisotopic (exact) mass is 235 g/mol. The first-order valence-corrected chi connectivity index (χ1v) is 5.62. The van der Waals surface area contributed by atoms with Gasteiger partial charge in [-0.3, -0.25) is 9.59 Å². The largest absolute Gasteiger partial charge is 0.481 e. The van der Waals surface area contributed by atoms with E-state index in [0.29, 0.717) is 6.54 Å². The fraction of sp³-hybridized carbons (Fsp3) is 0.385. The van der Waals surface area contributed by atoms with E-state index < -0.39 is 5.97 Å². The van der Waals surface area contributed by atoms with Gasteiger partial charge in [0.1, 0.15) is 0 Å². The van der Waals surface area contributed by atoms with Crippen molar-refractivity contribution < 1.29 is 14.7 Å². The average Bonchev–Trinajstić information content (AvgIpc) is 2.25. The minimum Gasteiger partial charge on any atom is -0.481 e.